The van der Waals surface area contributed by atoms with Gasteiger partial charge in [0.25, 0.3) is 5.56 Å². The number of nitrogens with one attached hydrogen (secondary N) is 1. The summed E-state index contributed by atoms with van der Waals surface area (Å²) in [5, 5.41) is 3.74. The Kier molecular flexibility index (Phi) is 7.32. The van der Waals surface area contributed by atoms with E-state index in [1.54, 1.807) is 28.5 Å². The van der Waals surface area contributed by atoms with E-state index in [0.29, 0.717) is 29.9 Å². The molecule has 0 saturated carbocycles. The molecule has 0 aliphatic carbocycles. The highest BCUT2D eigenvalue weighted by Crippen LogP contribution is 2.34. The number of rotatable bonds is 8. The van der Waals surface area contributed by atoms with E-state index in [0.717, 1.165) is 28.1 Å². The van der Waals surface area contributed by atoms with E-state index in [1.165, 1.54) is 23.9 Å². The van der Waals surface area contributed by atoms with Crippen molar-refractivity contribution in [2.75, 3.05) is 5.75 Å². The molecule has 0 unspecified atom stereocenters. The molecule has 0 saturated heterocycles. The maximum absolute atomic E-state index is 13.2. The molecule has 5 nitrogen and oxygen atoms in total. The monoisotopic (exact) mass is 469 g/mol. The summed E-state index contributed by atoms with van der Waals surface area (Å²) in [7, 11) is 0. The molecule has 4 rings (SSSR count). The molecule has 1 amide bonds. The van der Waals surface area contributed by atoms with E-state index in [9.17, 15) is 14.0 Å². The minimum absolute atomic E-state index is 0.0190. The zero-order valence-corrected chi connectivity index (χ0v) is 19.3. The number of fused-ring (bicyclic) bond motifs is 1. The normalized spacial score (nSPS) is 14.9. The van der Waals surface area contributed by atoms with Crippen molar-refractivity contribution >= 4 is 29.4 Å². The molecule has 0 bridgehead atoms. The van der Waals surface area contributed by atoms with Gasteiger partial charge in [-0.05, 0) is 29.7 Å². The van der Waals surface area contributed by atoms with Crippen molar-refractivity contribution in [3.05, 3.63) is 87.6 Å². The number of halogens is 1. The van der Waals surface area contributed by atoms with Crippen molar-refractivity contribution in [2.24, 2.45) is 0 Å². The van der Waals surface area contributed by atoms with Crippen LogP contribution in [0.2, 0.25) is 0 Å². The van der Waals surface area contributed by atoms with Gasteiger partial charge in [0.05, 0.1) is 16.3 Å². The zero-order valence-electron chi connectivity index (χ0n) is 17.7. The lowest BCUT2D eigenvalue weighted by Gasteiger charge is -2.14. The Hall–Kier alpha value is -2.58. The number of nitrogens with zero attached hydrogens (tertiary/aromatic N) is 2. The molecule has 1 aliphatic heterocycles. The highest BCUT2D eigenvalue weighted by Gasteiger charge is 2.26. The van der Waals surface area contributed by atoms with Gasteiger partial charge in [-0.15, -0.1) is 11.8 Å². The Morgan fingerprint density at radius 2 is 1.94 bits per heavy atom. The van der Waals surface area contributed by atoms with Crippen LogP contribution >= 0.6 is 23.5 Å². The van der Waals surface area contributed by atoms with Gasteiger partial charge in [0.2, 0.25) is 5.91 Å². The summed E-state index contributed by atoms with van der Waals surface area (Å²) in [4.78, 5) is 31.1. The van der Waals surface area contributed by atoms with Crippen molar-refractivity contribution < 1.29 is 9.18 Å². The molecule has 1 atom stereocenters. The predicted octanol–water partition coefficient (Wildman–Crippen LogP) is 4.07. The van der Waals surface area contributed by atoms with Gasteiger partial charge >= 0.3 is 0 Å². The Labute approximate surface area is 194 Å². The quantitative estimate of drug-likeness (QED) is 0.398. The molecule has 0 fully saturated rings. The van der Waals surface area contributed by atoms with Crippen LogP contribution in [0.25, 0.3) is 0 Å². The largest absolute Gasteiger partial charge is 0.351 e. The van der Waals surface area contributed by atoms with Gasteiger partial charge in [0.15, 0.2) is 5.16 Å². The maximum Gasteiger partial charge on any atom is 0.268 e. The third-order valence-corrected chi connectivity index (χ3v) is 7.36. The van der Waals surface area contributed by atoms with Gasteiger partial charge in [-0.2, -0.15) is 0 Å². The lowest BCUT2D eigenvalue weighted by molar-refractivity contribution is -0.118. The molecule has 1 N–H and O–H groups in total. The molecule has 3 aromatic rings. The van der Waals surface area contributed by atoms with E-state index in [-0.39, 0.29) is 23.0 Å². The maximum atomic E-state index is 13.2. The average molecular weight is 470 g/mol. The van der Waals surface area contributed by atoms with E-state index < -0.39 is 0 Å². The van der Waals surface area contributed by atoms with E-state index in [4.69, 9.17) is 4.98 Å². The fourth-order valence-electron chi connectivity index (χ4n) is 3.51. The van der Waals surface area contributed by atoms with Crippen molar-refractivity contribution in [1.29, 1.82) is 0 Å². The highest BCUT2D eigenvalue weighted by molar-refractivity contribution is 8.00. The Bertz CT molecular complexity index is 1150. The summed E-state index contributed by atoms with van der Waals surface area (Å²) in [6.45, 7) is 2.93. The Morgan fingerprint density at radius 1 is 1.19 bits per heavy atom. The fraction of sp³-hybridized carbons (Fsp3) is 0.292. The second kappa shape index (κ2) is 10.4. The van der Waals surface area contributed by atoms with Crippen LogP contribution in [-0.2, 0) is 30.7 Å². The van der Waals surface area contributed by atoms with Crippen LogP contribution < -0.4 is 10.9 Å². The number of benzene rings is 2. The van der Waals surface area contributed by atoms with Gasteiger partial charge in [0, 0.05) is 24.8 Å². The van der Waals surface area contributed by atoms with Crippen LogP contribution in [-0.4, -0.2) is 26.5 Å². The molecule has 1 aliphatic rings. The van der Waals surface area contributed by atoms with Crippen LogP contribution in [0, 0.1) is 5.82 Å². The van der Waals surface area contributed by atoms with Gasteiger partial charge in [-0.25, -0.2) is 9.37 Å². The number of carbonyl (C=O) groups excluding carboxylic acids is 1. The molecular formula is C24H24FN3O2S2. The molecule has 0 radical (unpaired) electrons. The SMILES string of the molecule is C[C@H]1Cc2nc(SCC(=O)NCc3ccc(F)cc3)n(CCc3ccccc3)c(=O)c2S1. The average Bonchev–Trinajstić information content (AvgIpc) is 3.18. The molecule has 32 heavy (non-hydrogen) atoms. The minimum atomic E-state index is -0.306. The Balaban J connectivity index is 1.46. The highest BCUT2D eigenvalue weighted by atomic mass is 32.2. The first-order valence-electron chi connectivity index (χ1n) is 10.5. The number of thioether (sulfide) groups is 2. The zero-order chi connectivity index (χ0) is 22.5. The van der Waals surface area contributed by atoms with Crippen LogP contribution in [0.3, 0.4) is 0 Å². The number of amides is 1. The van der Waals surface area contributed by atoms with Crippen molar-refractivity contribution in [1.82, 2.24) is 14.9 Å². The number of hydrogen-bond donors (Lipinski definition) is 1. The molecule has 0 spiro atoms. The standard InChI is InChI=1S/C24H24FN3O2S2/c1-16-13-20-22(32-16)23(30)28(12-11-17-5-3-2-4-6-17)24(27-20)31-15-21(29)26-14-18-7-9-19(25)10-8-18/h2-10,16H,11-15H2,1H3,(H,26,29)/t16-/m0/s1. The molecule has 1 aromatic heterocycles. The van der Waals surface area contributed by atoms with Crippen LogP contribution in [0.1, 0.15) is 23.7 Å². The molecule has 2 heterocycles. The first-order valence-corrected chi connectivity index (χ1v) is 12.3. The smallest absolute Gasteiger partial charge is 0.268 e. The fourth-order valence-corrected chi connectivity index (χ4v) is 5.49. The Morgan fingerprint density at radius 3 is 2.69 bits per heavy atom. The van der Waals surface area contributed by atoms with Crippen molar-refractivity contribution in [3.63, 3.8) is 0 Å². The minimum Gasteiger partial charge on any atom is -0.351 e. The lowest BCUT2D eigenvalue weighted by Crippen LogP contribution is -2.28. The summed E-state index contributed by atoms with van der Waals surface area (Å²) < 4.78 is 14.7. The summed E-state index contributed by atoms with van der Waals surface area (Å²) in [6.07, 6.45) is 1.48. The van der Waals surface area contributed by atoms with Crippen LogP contribution in [0.5, 0.6) is 0 Å². The summed E-state index contributed by atoms with van der Waals surface area (Å²) in [5.41, 5.74) is 2.78. The van der Waals surface area contributed by atoms with Gasteiger partial charge in [0.1, 0.15) is 5.82 Å². The van der Waals surface area contributed by atoms with Crippen LogP contribution in [0.15, 0.2) is 69.4 Å². The number of carbonyl (C=O) groups is 1. The summed E-state index contributed by atoms with van der Waals surface area (Å²) >= 11 is 2.86. The predicted molar refractivity (Wildman–Crippen MR) is 127 cm³/mol. The van der Waals surface area contributed by atoms with E-state index in [1.807, 2.05) is 30.3 Å². The van der Waals surface area contributed by atoms with E-state index in [2.05, 4.69) is 12.2 Å². The number of aromatic nitrogens is 2. The second-order valence-corrected chi connectivity index (χ2v) is 10.1. The van der Waals surface area contributed by atoms with Gasteiger partial charge in [-0.3, -0.25) is 14.2 Å². The van der Waals surface area contributed by atoms with Gasteiger partial charge in [-0.1, -0.05) is 61.2 Å². The van der Waals surface area contributed by atoms with Gasteiger partial charge < -0.3 is 5.32 Å². The topological polar surface area (TPSA) is 64.0 Å². The third kappa shape index (κ3) is 5.61. The summed E-state index contributed by atoms with van der Waals surface area (Å²) in [6, 6.07) is 16.0. The first kappa shape index (κ1) is 22.6. The first-order chi connectivity index (χ1) is 15.5. The third-order valence-electron chi connectivity index (χ3n) is 5.17. The molecular weight excluding hydrogens is 445 g/mol. The molecule has 166 valence electrons. The van der Waals surface area contributed by atoms with Crippen molar-refractivity contribution in [3.8, 4) is 0 Å². The lowest BCUT2D eigenvalue weighted by atomic mass is 10.1. The molecule has 2 aromatic carbocycles. The second-order valence-electron chi connectivity index (χ2n) is 7.69. The number of hydrogen-bond acceptors (Lipinski definition) is 5. The summed E-state index contributed by atoms with van der Waals surface area (Å²) in [5.74, 6) is -0.314. The van der Waals surface area contributed by atoms with Crippen molar-refractivity contribution in [2.45, 2.75) is 48.2 Å². The molecule has 8 heteroatoms. The van der Waals surface area contributed by atoms with Crippen LogP contribution in [0.4, 0.5) is 4.39 Å². The number of aryl methyl sites for hydroxylation is 1. The van der Waals surface area contributed by atoms with E-state index >= 15 is 0 Å².